The van der Waals surface area contributed by atoms with Gasteiger partial charge in [-0.25, -0.2) is 4.68 Å². The predicted molar refractivity (Wildman–Crippen MR) is 95.3 cm³/mol. The molecule has 1 saturated heterocycles. The molecule has 3 rings (SSSR count). The number of hydrogen-bond donors (Lipinski definition) is 0. The predicted octanol–water partition coefficient (Wildman–Crippen LogP) is 4.30. The molecule has 2 heterocycles. The maximum atomic E-state index is 12.8. The topological polar surface area (TPSA) is 30.3 Å². The maximum Gasteiger partial charge on any atom is 0.435 e. The molecule has 1 aromatic carbocycles. The highest BCUT2D eigenvalue weighted by Crippen LogP contribution is 2.29. The Balaban J connectivity index is 0.00000117. The van der Waals surface area contributed by atoms with Crippen LogP contribution in [0.25, 0.3) is 5.69 Å². The molecule has 0 unspecified atom stereocenters. The molecule has 7 heteroatoms. The molecular formula is C19H26F3N3O. The van der Waals surface area contributed by atoms with E-state index >= 15 is 0 Å². The van der Waals surface area contributed by atoms with Gasteiger partial charge < -0.3 is 9.64 Å². The van der Waals surface area contributed by atoms with Crippen molar-refractivity contribution < 1.29 is 17.9 Å². The van der Waals surface area contributed by atoms with E-state index in [1.165, 1.54) is 4.68 Å². The molecule has 1 aliphatic rings. The Morgan fingerprint density at radius 2 is 1.81 bits per heavy atom. The van der Waals surface area contributed by atoms with E-state index in [-0.39, 0.29) is 0 Å². The van der Waals surface area contributed by atoms with Crippen LogP contribution < -0.4 is 0 Å². The van der Waals surface area contributed by atoms with E-state index in [2.05, 4.69) is 17.0 Å². The Morgan fingerprint density at radius 3 is 2.27 bits per heavy atom. The molecule has 0 aliphatic carbocycles. The Kier molecular flexibility index (Phi) is 6.83. The number of halogens is 3. The van der Waals surface area contributed by atoms with Crippen molar-refractivity contribution in [2.24, 2.45) is 5.92 Å². The molecule has 0 N–H and O–H groups in total. The summed E-state index contributed by atoms with van der Waals surface area (Å²) in [5.74, 6) is 0.599. The summed E-state index contributed by atoms with van der Waals surface area (Å²) in [4.78, 5) is 2.23. The molecule has 0 spiro atoms. The minimum Gasteiger partial charge on any atom is -0.381 e. The second-order valence-corrected chi connectivity index (χ2v) is 6.35. The molecule has 0 radical (unpaired) electrons. The van der Waals surface area contributed by atoms with E-state index in [1.54, 1.807) is 19.1 Å². The SMILES string of the molecule is CC.Cc1cc(C(F)(F)F)nn1-c1ccc(CN(C)CC2COC2)cc1. The molecule has 1 aromatic heterocycles. The number of hydrogen-bond acceptors (Lipinski definition) is 3. The quantitative estimate of drug-likeness (QED) is 0.787. The van der Waals surface area contributed by atoms with Gasteiger partial charge in [-0.1, -0.05) is 26.0 Å². The third kappa shape index (κ3) is 5.08. The second kappa shape index (κ2) is 8.68. The van der Waals surface area contributed by atoms with Crippen molar-refractivity contribution in [2.75, 3.05) is 26.8 Å². The van der Waals surface area contributed by atoms with Crippen LogP contribution in [-0.2, 0) is 17.5 Å². The molecule has 4 nitrogen and oxygen atoms in total. The van der Waals surface area contributed by atoms with Gasteiger partial charge >= 0.3 is 6.18 Å². The number of nitrogens with zero attached hydrogens (tertiary/aromatic N) is 3. The standard InChI is InChI=1S/C17H20F3N3O.C2H6/c1-12-7-16(17(18,19)20)21-23(12)15-5-3-13(4-6-15)8-22(2)9-14-10-24-11-14;1-2/h3-7,14H,8-11H2,1-2H3;1-2H3. The first-order valence-corrected chi connectivity index (χ1v) is 8.82. The highest BCUT2D eigenvalue weighted by atomic mass is 19.4. The van der Waals surface area contributed by atoms with Crippen LogP contribution in [0.2, 0.25) is 0 Å². The average molecular weight is 369 g/mol. The molecule has 1 fully saturated rings. The van der Waals surface area contributed by atoms with Crippen LogP contribution in [0.1, 0.15) is 30.8 Å². The zero-order valence-electron chi connectivity index (χ0n) is 15.7. The Labute approximate surface area is 152 Å². The second-order valence-electron chi connectivity index (χ2n) is 6.35. The van der Waals surface area contributed by atoms with Crippen molar-refractivity contribution in [2.45, 2.75) is 33.5 Å². The van der Waals surface area contributed by atoms with Gasteiger partial charge in [-0.3, -0.25) is 0 Å². The summed E-state index contributed by atoms with van der Waals surface area (Å²) in [6.07, 6.45) is -4.43. The molecule has 0 bridgehead atoms. The zero-order valence-corrected chi connectivity index (χ0v) is 15.7. The van der Waals surface area contributed by atoms with Gasteiger partial charge in [0.25, 0.3) is 0 Å². The van der Waals surface area contributed by atoms with E-state index in [9.17, 15) is 13.2 Å². The summed E-state index contributed by atoms with van der Waals surface area (Å²) in [7, 11) is 2.06. The van der Waals surface area contributed by atoms with Crippen LogP contribution >= 0.6 is 0 Å². The summed E-state index contributed by atoms with van der Waals surface area (Å²) in [6.45, 7) is 9.04. The molecule has 0 atom stereocenters. The van der Waals surface area contributed by atoms with Crippen LogP contribution in [0.3, 0.4) is 0 Å². The van der Waals surface area contributed by atoms with Gasteiger partial charge in [-0.2, -0.15) is 18.3 Å². The van der Waals surface area contributed by atoms with Crippen LogP contribution in [-0.4, -0.2) is 41.5 Å². The normalized spacial score (nSPS) is 14.8. The lowest BCUT2D eigenvalue weighted by molar-refractivity contribution is -0.141. The Hall–Kier alpha value is -1.86. The zero-order chi connectivity index (χ0) is 19.3. The first kappa shape index (κ1) is 20.5. The van der Waals surface area contributed by atoms with E-state index < -0.39 is 11.9 Å². The van der Waals surface area contributed by atoms with Crippen molar-refractivity contribution >= 4 is 0 Å². The molecule has 2 aromatic rings. The van der Waals surface area contributed by atoms with Crippen molar-refractivity contribution in [3.63, 3.8) is 0 Å². The smallest absolute Gasteiger partial charge is 0.381 e. The van der Waals surface area contributed by atoms with E-state index in [1.807, 2.05) is 26.0 Å². The van der Waals surface area contributed by atoms with Gasteiger partial charge in [0.1, 0.15) is 0 Å². The lowest BCUT2D eigenvalue weighted by atomic mass is 10.1. The van der Waals surface area contributed by atoms with E-state index in [0.29, 0.717) is 17.3 Å². The molecule has 144 valence electrons. The molecule has 0 saturated carbocycles. The van der Waals surface area contributed by atoms with Gasteiger partial charge in [0.05, 0.1) is 18.9 Å². The summed E-state index contributed by atoms with van der Waals surface area (Å²) in [5.41, 5.74) is 1.33. The maximum absolute atomic E-state index is 12.8. The molecule has 0 amide bonds. The first-order chi connectivity index (χ1) is 12.3. The van der Waals surface area contributed by atoms with E-state index in [0.717, 1.165) is 37.9 Å². The summed E-state index contributed by atoms with van der Waals surface area (Å²) in [5, 5.41) is 3.67. The van der Waals surface area contributed by atoms with Gasteiger partial charge in [0, 0.05) is 24.7 Å². The average Bonchev–Trinajstić information content (AvgIpc) is 2.96. The highest BCUT2D eigenvalue weighted by Gasteiger charge is 2.34. The largest absolute Gasteiger partial charge is 0.435 e. The van der Waals surface area contributed by atoms with Crippen molar-refractivity contribution in [1.29, 1.82) is 0 Å². The van der Waals surface area contributed by atoms with Crippen molar-refractivity contribution in [3.05, 3.63) is 47.3 Å². The van der Waals surface area contributed by atoms with Gasteiger partial charge in [-0.15, -0.1) is 0 Å². The fraction of sp³-hybridized carbons (Fsp3) is 0.526. The minimum absolute atomic E-state index is 0.456. The van der Waals surface area contributed by atoms with Crippen LogP contribution in [0.5, 0.6) is 0 Å². The highest BCUT2D eigenvalue weighted by molar-refractivity contribution is 5.36. The van der Waals surface area contributed by atoms with Gasteiger partial charge in [0.15, 0.2) is 5.69 Å². The fourth-order valence-electron chi connectivity index (χ4n) is 2.82. The number of aryl methyl sites for hydroxylation is 1. The Bertz CT molecular complexity index is 691. The lowest BCUT2D eigenvalue weighted by Gasteiger charge is -2.30. The summed E-state index contributed by atoms with van der Waals surface area (Å²) >= 11 is 0. The van der Waals surface area contributed by atoms with Gasteiger partial charge in [-0.05, 0) is 37.7 Å². The monoisotopic (exact) mass is 369 g/mol. The van der Waals surface area contributed by atoms with Crippen LogP contribution in [0, 0.1) is 12.8 Å². The first-order valence-electron chi connectivity index (χ1n) is 8.82. The van der Waals surface area contributed by atoms with Crippen molar-refractivity contribution in [1.82, 2.24) is 14.7 Å². The number of alkyl halides is 3. The van der Waals surface area contributed by atoms with Gasteiger partial charge in [0.2, 0.25) is 0 Å². The molecular weight excluding hydrogens is 343 g/mol. The third-order valence-corrected chi connectivity index (χ3v) is 4.09. The molecule has 1 aliphatic heterocycles. The number of ether oxygens (including phenoxy) is 1. The van der Waals surface area contributed by atoms with Crippen LogP contribution in [0.15, 0.2) is 30.3 Å². The van der Waals surface area contributed by atoms with Crippen molar-refractivity contribution in [3.8, 4) is 5.69 Å². The third-order valence-electron chi connectivity index (χ3n) is 4.09. The number of rotatable bonds is 5. The van der Waals surface area contributed by atoms with E-state index in [4.69, 9.17) is 4.74 Å². The summed E-state index contributed by atoms with van der Waals surface area (Å²) < 4.78 is 44.7. The minimum atomic E-state index is -4.43. The summed E-state index contributed by atoms with van der Waals surface area (Å²) in [6, 6.07) is 8.52. The fourth-order valence-corrected chi connectivity index (χ4v) is 2.82. The van der Waals surface area contributed by atoms with Crippen LogP contribution in [0.4, 0.5) is 13.2 Å². The molecule has 26 heavy (non-hydrogen) atoms. The Morgan fingerprint density at radius 1 is 1.19 bits per heavy atom. The lowest BCUT2D eigenvalue weighted by Crippen LogP contribution is -2.37. The number of aromatic nitrogens is 2. The number of benzene rings is 1.